The highest BCUT2D eigenvalue weighted by Crippen LogP contribution is 2.42. The number of nitrogens with one attached hydrogen (secondary N) is 1. The molecule has 0 radical (unpaired) electrons. The van der Waals surface area contributed by atoms with Crippen molar-refractivity contribution in [1.29, 1.82) is 0 Å². The van der Waals surface area contributed by atoms with Crippen LogP contribution in [0.3, 0.4) is 0 Å². The molecule has 3 rings (SSSR count). The zero-order chi connectivity index (χ0) is 13.8. The fourth-order valence-corrected chi connectivity index (χ4v) is 5.85. The molecule has 1 aliphatic carbocycles. The van der Waals surface area contributed by atoms with E-state index in [1.165, 1.54) is 69.3 Å². The van der Waals surface area contributed by atoms with Crippen molar-refractivity contribution in [2.45, 2.75) is 69.4 Å². The molecular weight excluding hydrogens is 268 g/mol. The minimum absolute atomic E-state index is 0.192. The summed E-state index contributed by atoms with van der Waals surface area (Å²) in [4.78, 5) is 0. The van der Waals surface area contributed by atoms with Crippen molar-refractivity contribution in [3.8, 4) is 0 Å². The van der Waals surface area contributed by atoms with Gasteiger partial charge in [0.2, 0.25) is 0 Å². The molecular formula is C16H30N2OS. The average Bonchev–Trinajstić information content (AvgIpc) is 2.50. The van der Waals surface area contributed by atoms with Gasteiger partial charge in [0.1, 0.15) is 0 Å². The Morgan fingerprint density at radius 3 is 2.50 bits per heavy atom. The van der Waals surface area contributed by atoms with Crippen LogP contribution in [0.25, 0.3) is 0 Å². The van der Waals surface area contributed by atoms with Gasteiger partial charge >= 0.3 is 0 Å². The molecule has 2 aliphatic heterocycles. The predicted molar refractivity (Wildman–Crippen MR) is 85.7 cm³/mol. The fraction of sp³-hybridized carbons (Fsp3) is 1.00. The van der Waals surface area contributed by atoms with Crippen LogP contribution in [-0.2, 0) is 4.74 Å². The first kappa shape index (κ1) is 15.1. The standard InChI is InChI=1S/C16H30N2OS/c17-18-15(13-4-2-1-3-5-13)14-6-9-19-16(12-14)7-10-20-11-8-16/h13-15,18H,1-12,17H2. The molecule has 0 aromatic carbocycles. The van der Waals surface area contributed by atoms with Gasteiger partial charge in [-0.2, -0.15) is 11.8 Å². The summed E-state index contributed by atoms with van der Waals surface area (Å²) in [5.41, 5.74) is 3.40. The van der Waals surface area contributed by atoms with E-state index < -0.39 is 0 Å². The van der Waals surface area contributed by atoms with Crippen molar-refractivity contribution in [2.75, 3.05) is 18.1 Å². The third kappa shape index (κ3) is 3.34. The molecule has 1 saturated carbocycles. The van der Waals surface area contributed by atoms with E-state index in [1.807, 2.05) is 0 Å². The van der Waals surface area contributed by atoms with Crippen molar-refractivity contribution in [3.05, 3.63) is 0 Å². The number of nitrogens with two attached hydrogens (primary N) is 1. The van der Waals surface area contributed by atoms with Gasteiger partial charge in [-0.1, -0.05) is 19.3 Å². The van der Waals surface area contributed by atoms with E-state index in [4.69, 9.17) is 10.6 Å². The van der Waals surface area contributed by atoms with Gasteiger partial charge in [-0.15, -0.1) is 0 Å². The number of ether oxygens (including phenoxy) is 1. The summed E-state index contributed by atoms with van der Waals surface area (Å²) in [5.74, 6) is 10.0. The molecule has 0 amide bonds. The van der Waals surface area contributed by atoms with E-state index in [2.05, 4.69) is 17.2 Å². The summed E-state index contributed by atoms with van der Waals surface area (Å²) in [6.07, 6.45) is 11.9. The van der Waals surface area contributed by atoms with Crippen LogP contribution in [0.2, 0.25) is 0 Å². The van der Waals surface area contributed by atoms with Gasteiger partial charge in [0.05, 0.1) is 5.60 Å². The second kappa shape index (κ2) is 6.99. The van der Waals surface area contributed by atoms with Crippen LogP contribution in [0, 0.1) is 11.8 Å². The van der Waals surface area contributed by atoms with Gasteiger partial charge in [-0.05, 0) is 61.9 Å². The van der Waals surface area contributed by atoms with E-state index in [-0.39, 0.29) is 5.60 Å². The molecule has 1 spiro atoms. The van der Waals surface area contributed by atoms with Crippen molar-refractivity contribution in [2.24, 2.45) is 17.7 Å². The van der Waals surface area contributed by atoms with Crippen molar-refractivity contribution in [1.82, 2.24) is 5.43 Å². The molecule has 2 atom stereocenters. The Labute approximate surface area is 127 Å². The monoisotopic (exact) mass is 298 g/mol. The summed E-state index contributed by atoms with van der Waals surface area (Å²) >= 11 is 2.09. The molecule has 3 aliphatic rings. The van der Waals surface area contributed by atoms with Gasteiger partial charge < -0.3 is 4.74 Å². The maximum atomic E-state index is 6.24. The zero-order valence-electron chi connectivity index (χ0n) is 12.6. The molecule has 116 valence electrons. The van der Waals surface area contributed by atoms with Crippen LogP contribution in [0.15, 0.2) is 0 Å². The van der Waals surface area contributed by atoms with Crippen molar-refractivity contribution >= 4 is 11.8 Å². The molecule has 20 heavy (non-hydrogen) atoms. The van der Waals surface area contributed by atoms with Crippen LogP contribution >= 0.6 is 11.8 Å². The molecule has 2 unspecified atom stereocenters. The van der Waals surface area contributed by atoms with Crippen LogP contribution in [0.4, 0.5) is 0 Å². The van der Waals surface area contributed by atoms with E-state index in [0.29, 0.717) is 6.04 Å². The van der Waals surface area contributed by atoms with E-state index in [1.54, 1.807) is 0 Å². The van der Waals surface area contributed by atoms with Crippen LogP contribution in [0.5, 0.6) is 0 Å². The Morgan fingerprint density at radius 1 is 1.05 bits per heavy atom. The minimum Gasteiger partial charge on any atom is -0.375 e. The number of hydrazine groups is 1. The first-order valence-electron chi connectivity index (χ1n) is 8.51. The first-order valence-corrected chi connectivity index (χ1v) is 9.66. The lowest BCUT2D eigenvalue weighted by Gasteiger charge is -2.47. The lowest BCUT2D eigenvalue weighted by atomic mass is 9.72. The second-order valence-electron chi connectivity index (χ2n) is 6.99. The van der Waals surface area contributed by atoms with Crippen molar-refractivity contribution in [3.63, 3.8) is 0 Å². The molecule has 2 heterocycles. The van der Waals surface area contributed by atoms with Gasteiger partial charge in [-0.25, -0.2) is 0 Å². The minimum atomic E-state index is 0.192. The second-order valence-corrected chi connectivity index (χ2v) is 8.21. The lowest BCUT2D eigenvalue weighted by molar-refractivity contribution is -0.110. The highest BCUT2D eigenvalue weighted by Gasteiger charge is 2.42. The smallest absolute Gasteiger partial charge is 0.0701 e. The van der Waals surface area contributed by atoms with Gasteiger partial charge in [0.15, 0.2) is 0 Å². The average molecular weight is 298 g/mol. The maximum Gasteiger partial charge on any atom is 0.0701 e. The van der Waals surface area contributed by atoms with Gasteiger partial charge in [0, 0.05) is 12.6 Å². The van der Waals surface area contributed by atoms with Crippen molar-refractivity contribution < 1.29 is 4.74 Å². The largest absolute Gasteiger partial charge is 0.375 e. The van der Waals surface area contributed by atoms with Crippen LogP contribution in [-0.4, -0.2) is 29.8 Å². The molecule has 3 nitrogen and oxygen atoms in total. The summed E-state index contributed by atoms with van der Waals surface area (Å²) in [7, 11) is 0. The normalized spacial score (nSPS) is 33.1. The van der Waals surface area contributed by atoms with E-state index in [0.717, 1.165) is 18.4 Å². The Hall–Kier alpha value is 0.230. The topological polar surface area (TPSA) is 47.3 Å². The zero-order valence-corrected chi connectivity index (χ0v) is 13.4. The van der Waals surface area contributed by atoms with E-state index in [9.17, 15) is 0 Å². The third-order valence-electron chi connectivity index (χ3n) is 5.79. The summed E-state index contributed by atoms with van der Waals surface area (Å²) in [6, 6.07) is 0.519. The van der Waals surface area contributed by atoms with Gasteiger partial charge in [-0.3, -0.25) is 11.3 Å². The molecule has 0 aromatic rings. The molecule has 3 fully saturated rings. The quantitative estimate of drug-likeness (QED) is 0.621. The third-order valence-corrected chi connectivity index (χ3v) is 6.78. The first-order chi connectivity index (χ1) is 9.83. The molecule has 0 bridgehead atoms. The Balaban J connectivity index is 1.64. The predicted octanol–water partition coefficient (Wildman–Crippen LogP) is 3.09. The SMILES string of the molecule is NNC(C1CCCCC1)C1CCOC2(CCSCC2)C1. The fourth-order valence-electron chi connectivity index (χ4n) is 4.61. The summed E-state index contributed by atoms with van der Waals surface area (Å²) in [6.45, 7) is 0.945. The summed E-state index contributed by atoms with van der Waals surface area (Å²) < 4.78 is 6.24. The van der Waals surface area contributed by atoms with Crippen LogP contribution < -0.4 is 11.3 Å². The Kier molecular flexibility index (Phi) is 5.29. The molecule has 2 saturated heterocycles. The Bertz CT molecular complexity index is 295. The number of thioether (sulfide) groups is 1. The summed E-state index contributed by atoms with van der Waals surface area (Å²) in [5, 5.41) is 0. The molecule has 0 aromatic heterocycles. The number of hydrogen-bond acceptors (Lipinski definition) is 4. The highest BCUT2D eigenvalue weighted by molar-refractivity contribution is 7.99. The Morgan fingerprint density at radius 2 is 1.80 bits per heavy atom. The van der Waals surface area contributed by atoms with Crippen LogP contribution in [0.1, 0.15) is 57.8 Å². The van der Waals surface area contributed by atoms with E-state index >= 15 is 0 Å². The van der Waals surface area contributed by atoms with Gasteiger partial charge in [0.25, 0.3) is 0 Å². The number of rotatable bonds is 3. The maximum absolute atomic E-state index is 6.24. The molecule has 3 N–H and O–H groups in total. The number of hydrogen-bond donors (Lipinski definition) is 2. The lowest BCUT2D eigenvalue weighted by Crippen LogP contribution is -2.52. The highest BCUT2D eigenvalue weighted by atomic mass is 32.2. The molecule has 4 heteroatoms.